The summed E-state index contributed by atoms with van der Waals surface area (Å²) in [6.07, 6.45) is 0.472. The Kier molecular flexibility index (Phi) is 7.75. The highest BCUT2D eigenvalue weighted by Gasteiger charge is 2.13. The first kappa shape index (κ1) is 20.6. The van der Waals surface area contributed by atoms with Crippen LogP contribution in [0.15, 0.2) is 58.4 Å². The number of nitrogens with zero attached hydrogens (tertiary/aromatic N) is 1. The Labute approximate surface area is 164 Å². The molecule has 2 rings (SSSR count). The third-order valence-electron chi connectivity index (χ3n) is 3.67. The fraction of sp³-hybridized carbons (Fsp3) is 0.278. The highest BCUT2D eigenvalue weighted by atomic mass is 35.5. The van der Waals surface area contributed by atoms with Crippen molar-refractivity contribution in [2.45, 2.75) is 17.9 Å². The largest absolute Gasteiger partial charge is 0.356 e. The fourth-order valence-electron chi connectivity index (χ4n) is 2.28. The van der Waals surface area contributed by atoms with Crippen LogP contribution in [-0.2, 0) is 16.4 Å². The topological polar surface area (TPSA) is 70.6 Å². The van der Waals surface area contributed by atoms with Crippen molar-refractivity contribution in [1.29, 1.82) is 0 Å². The van der Waals surface area contributed by atoms with Crippen LogP contribution in [-0.4, -0.2) is 33.7 Å². The third kappa shape index (κ3) is 6.20. The molecule has 0 saturated heterocycles. The lowest BCUT2D eigenvalue weighted by molar-refractivity contribution is 0.592. The summed E-state index contributed by atoms with van der Waals surface area (Å²) in [5.74, 6) is 0.650. The van der Waals surface area contributed by atoms with Gasteiger partial charge in [0.1, 0.15) is 0 Å². The first-order chi connectivity index (χ1) is 12.4. The van der Waals surface area contributed by atoms with Gasteiger partial charge in [-0.3, -0.25) is 4.99 Å². The van der Waals surface area contributed by atoms with E-state index >= 15 is 0 Å². The van der Waals surface area contributed by atoms with Crippen LogP contribution in [0.5, 0.6) is 0 Å². The van der Waals surface area contributed by atoms with Gasteiger partial charge in [0.05, 0.1) is 10.6 Å². The first-order valence-electron chi connectivity index (χ1n) is 8.08. The molecule has 2 N–H and O–H groups in total. The van der Waals surface area contributed by atoms with E-state index < -0.39 is 9.84 Å². The maximum atomic E-state index is 12.2. The second-order valence-electron chi connectivity index (χ2n) is 5.57. The summed E-state index contributed by atoms with van der Waals surface area (Å²) in [7, 11) is -1.61. The van der Waals surface area contributed by atoms with E-state index in [0.717, 1.165) is 5.56 Å². The van der Waals surface area contributed by atoms with Crippen LogP contribution >= 0.6 is 23.2 Å². The van der Waals surface area contributed by atoms with Crippen molar-refractivity contribution in [1.82, 2.24) is 10.6 Å². The maximum Gasteiger partial charge on any atom is 0.191 e. The van der Waals surface area contributed by atoms with Gasteiger partial charge in [0.25, 0.3) is 0 Å². The van der Waals surface area contributed by atoms with Crippen molar-refractivity contribution in [3.8, 4) is 0 Å². The summed E-state index contributed by atoms with van der Waals surface area (Å²) in [6.45, 7) is 0.970. The lowest BCUT2D eigenvalue weighted by atomic mass is 10.2. The highest BCUT2D eigenvalue weighted by Crippen LogP contribution is 2.20. The molecule has 0 bridgehead atoms. The Bertz CT molecular complexity index is 856. The molecule has 0 spiro atoms. The van der Waals surface area contributed by atoms with Gasteiger partial charge in [0.2, 0.25) is 0 Å². The van der Waals surface area contributed by atoms with Gasteiger partial charge in [-0.25, -0.2) is 8.42 Å². The zero-order chi connectivity index (χ0) is 19.0. The number of aliphatic imine (C=N–C) groups is 1. The number of guanidine groups is 1. The van der Waals surface area contributed by atoms with Gasteiger partial charge in [0.15, 0.2) is 15.8 Å². The Morgan fingerprint density at radius 1 is 1.08 bits per heavy atom. The van der Waals surface area contributed by atoms with Crippen LogP contribution in [0, 0.1) is 0 Å². The molecule has 8 heteroatoms. The average molecular weight is 414 g/mol. The number of nitrogens with one attached hydrogen (secondary N) is 2. The van der Waals surface area contributed by atoms with Crippen molar-refractivity contribution in [3.63, 3.8) is 0 Å². The van der Waals surface area contributed by atoms with Gasteiger partial charge >= 0.3 is 0 Å². The molecule has 2 aromatic carbocycles. The third-order valence-corrected chi connectivity index (χ3v) is 6.07. The van der Waals surface area contributed by atoms with E-state index in [1.54, 1.807) is 49.5 Å². The van der Waals surface area contributed by atoms with E-state index in [4.69, 9.17) is 23.2 Å². The minimum atomic E-state index is -3.26. The molecule has 0 radical (unpaired) electrons. The van der Waals surface area contributed by atoms with Crippen LogP contribution in [0.2, 0.25) is 10.0 Å². The second kappa shape index (κ2) is 9.80. The minimum Gasteiger partial charge on any atom is -0.356 e. The normalized spacial score (nSPS) is 12.0. The summed E-state index contributed by atoms with van der Waals surface area (Å²) in [5.41, 5.74) is 0.894. The van der Waals surface area contributed by atoms with Crippen molar-refractivity contribution in [2.75, 3.05) is 19.3 Å². The molecule has 0 amide bonds. The smallest absolute Gasteiger partial charge is 0.191 e. The Morgan fingerprint density at radius 2 is 1.81 bits per heavy atom. The summed E-state index contributed by atoms with van der Waals surface area (Å²) >= 11 is 12.0. The van der Waals surface area contributed by atoms with Crippen LogP contribution in [0.1, 0.15) is 12.0 Å². The fourth-order valence-corrected chi connectivity index (χ4v) is 4.09. The van der Waals surface area contributed by atoms with Gasteiger partial charge in [-0.15, -0.1) is 0 Å². The molecule has 5 nitrogen and oxygen atoms in total. The predicted molar refractivity (Wildman–Crippen MR) is 108 cm³/mol. The predicted octanol–water partition coefficient (Wildman–Crippen LogP) is 3.52. The summed E-state index contributed by atoms with van der Waals surface area (Å²) in [4.78, 5) is 4.47. The number of rotatable bonds is 7. The molecule has 0 aromatic heterocycles. The standard InChI is InChI=1S/C18H21Cl2N3O2S/c1-21-18(23-13-14-8-9-15(19)12-17(14)20)22-10-5-11-26(24,25)16-6-3-2-4-7-16/h2-4,6-9,12H,5,10-11,13H2,1H3,(H2,21,22,23). The highest BCUT2D eigenvalue weighted by molar-refractivity contribution is 7.91. The van der Waals surface area contributed by atoms with Crippen LogP contribution in [0.4, 0.5) is 0 Å². The molecule has 0 aliphatic rings. The number of sulfone groups is 1. The number of hydrogen-bond acceptors (Lipinski definition) is 3. The van der Waals surface area contributed by atoms with Gasteiger partial charge in [-0.1, -0.05) is 47.5 Å². The Balaban J connectivity index is 1.79. The molecular formula is C18H21Cl2N3O2S. The monoisotopic (exact) mass is 413 g/mol. The second-order valence-corrected chi connectivity index (χ2v) is 8.53. The van der Waals surface area contributed by atoms with E-state index in [2.05, 4.69) is 15.6 Å². The van der Waals surface area contributed by atoms with Gasteiger partial charge in [-0.2, -0.15) is 0 Å². The molecule has 0 aliphatic carbocycles. The van der Waals surface area contributed by atoms with Gasteiger partial charge in [-0.05, 0) is 36.2 Å². The lowest BCUT2D eigenvalue weighted by Gasteiger charge is -2.13. The van der Waals surface area contributed by atoms with Crippen molar-refractivity contribution in [3.05, 3.63) is 64.1 Å². The molecule has 0 unspecified atom stereocenters. The average Bonchev–Trinajstić information content (AvgIpc) is 2.63. The van der Waals surface area contributed by atoms with Crippen molar-refractivity contribution >= 4 is 39.0 Å². The molecule has 0 saturated carbocycles. The van der Waals surface area contributed by atoms with Gasteiger partial charge < -0.3 is 10.6 Å². The summed E-state index contributed by atoms with van der Waals surface area (Å²) in [5, 5.41) is 7.40. The van der Waals surface area contributed by atoms with E-state index in [0.29, 0.717) is 40.4 Å². The first-order valence-corrected chi connectivity index (χ1v) is 10.5. The number of benzene rings is 2. The van der Waals surface area contributed by atoms with E-state index in [1.165, 1.54) is 0 Å². The summed E-state index contributed by atoms with van der Waals surface area (Å²) < 4.78 is 24.4. The van der Waals surface area contributed by atoms with Crippen LogP contribution < -0.4 is 10.6 Å². The molecule has 140 valence electrons. The van der Waals surface area contributed by atoms with Crippen LogP contribution in [0.3, 0.4) is 0 Å². The quantitative estimate of drug-likeness (QED) is 0.413. The molecule has 0 heterocycles. The molecule has 2 aromatic rings. The summed E-state index contributed by atoms with van der Waals surface area (Å²) in [6, 6.07) is 13.8. The van der Waals surface area contributed by atoms with Crippen molar-refractivity contribution in [2.24, 2.45) is 4.99 Å². The van der Waals surface area contributed by atoms with Gasteiger partial charge in [0, 0.05) is 30.2 Å². The minimum absolute atomic E-state index is 0.0734. The van der Waals surface area contributed by atoms with E-state index in [1.807, 2.05) is 6.07 Å². The number of hydrogen-bond donors (Lipinski definition) is 2. The number of halogens is 2. The molecule has 0 aliphatic heterocycles. The zero-order valence-corrected chi connectivity index (χ0v) is 16.7. The van der Waals surface area contributed by atoms with Crippen LogP contribution in [0.25, 0.3) is 0 Å². The van der Waals surface area contributed by atoms with E-state index in [9.17, 15) is 8.42 Å². The molecule has 0 fully saturated rings. The maximum absolute atomic E-state index is 12.2. The Morgan fingerprint density at radius 3 is 2.46 bits per heavy atom. The van der Waals surface area contributed by atoms with Crippen molar-refractivity contribution < 1.29 is 8.42 Å². The zero-order valence-electron chi connectivity index (χ0n) is 14.4. The molecule has 26 heavy (non-hydrogen) atoms. The molecular weight excluding hydrogens is 393 g/mol. The Hall–Kier alpha value is -1.76. The SMILES string of the molecule is CN=C(NCCCS(=O)(=O)c1ccccc1)NCc1ccc(Cl)cc1Cl. The molecule has 0 atom stereocenters. The van der Waals surface area contributed by atoms with E-state index in [-0.39, 0.29) is 5.75 Å². The lowest BCUT2D eigenvalue weighted by Crippen LogP contribution is -2.37.